The van der Waals surface area contributed by atoms with Crippen LogP contribution in [0.2, 0.25) is 5.02 Å². The quantitative estimate of drug-likeness (QED) is 0.536. The van der Waals surface area contributed by atoms with Crippen LogP contribution in [0.3, 0.4) is 0 Å². The molecule has 0 bridgehead atoms. The molecular formula is C23H21ClN4O5. The Hall–Kier alpha value is -3.85. The minimum atomic E-state index is -0.803. The van der Waals surface area contributed by atoms with Gasteiger partial charge in [-0.3, -0.25) is 9.09 Å². The van der Waals surface area contributed by atoms with Gasteiger partial charge in [-0.1, -0.05) is 53.2 Å². The molecule has 170 valence electrons. The highest BCUT2D eigenvalue weighted by Gasteiger charge is 2.34. The topological polar surface area (TPSA) is 115 Å². The van der Waals surface area contributed by atoms with Crippen LogP contribution in [-0.2, 0) is 16.1 Å². The first-order valence-electron chi connectivity index (χ1n) is 10.2. The van der Waals surface area contributed by atoms with Gasteiger partial charge in [0.25, 0.3) is 0 Å². The highest BCUT2D eigenvalue weighted by atomic mass is 35.5. The molecule has 2 N–H and O–H groups in total. The van der Waals surface area contributed by atoms with E-state index in [1.807, 2.05) is 25.1 Å². The Bertz CT molecular complexity index is 1290. The smallest absolute Gasteiger partial charge is 0.442 e. The standard InChI is InChI=1S/C23H21ClN4O5/c1-3-32-21(29)18-17(25-22(30)26-19(18)14-8-10-15(24)11-9-14)12-28-20(27-33-23(28)31)16-7-5-4-6-13(16)2/h4-11,19H,3,12H2,1-2H3,(H2,25,26,30). The van der Waals surface area contributed by atoms with E-state index in [9.17, 15) is 14.4 Å². The van der Waals surface area contributed by atoms with Crippen LogP contribution in [-0.4, -0.2) is 28.3 Å². The summed E-state index contributed by atoms with van der Waals surface area (Å²) in [7, 11) is 0. The van der Waals surface area contributed by atoms with Gasteiger partial charge in [0.15, 0.2) is 5.82 Å². The average Bonchev–Trinajstić information content (AvgIpc) is 3.14. The van der Waals surface area contributed by atoms with Crippen molar-refractivity contribution in [2.75, 3.05) is 6.61 Å². The van der Waals surface area contributed by atoms with E-state index in [2.05, 4.69) is 15.8 Å². The van der Waals surface area contributed by atoms with Crippen molar-refractivity contribution in [3.05, 3.63) is 86.5 Å². The van der Waals surface area contributed by atoms with Crippen molar-refractivity contribution >= 4 is 23.6 Å². The van der Waals surface area contributed by atoms with Crippen molar-refractivity contribution in [3.63, 3.8) is 0 Å². The van der Waals surface area contributed by atoms with E-state index in [0.717, 1.165) is 5.56 Å². The van der Waals surface area contributed by atoms with Crippen LogP contribution in [0.4, 0.5) is 4.79 Å². The fraction of sp³-hybridized carbons (Fsp3) is 0.217. The Morgan fingerprint density at radius 2 is 1.91 bits per heavy atom. The number of carbonyl (C=O) groups excluding carboxylic acids is 2. The van der Waals surface area contributed by atoms with Crippen molar-refractivity contribution < 1.29 is 18.8 Å². The largest absolute Gasteiger partial charge is 0.463 e. The SMILES string of the molecule is CCOC(=O)C1=C(Cn2c(-c3ccccc3C)noc2=O)NC(=O)NC1c1ccc(Cl)cc1. The van der Waals surface area contributed by atoms with E-state index < -0.39 is 23.8 Å². The fourth-order valence-corrected chi connectivity index (χ4v) is 3.81. The van der Waals surface area contributed by atoms with E-state index in [1.54, 1.807) is 37.3 Å². The first-order chi connectivity index (χ1) is 15.9. The summed E-state index contributed by atoms with van der Waals surface area (Å²) in [5.74, 6) is -1.06. The lowest BCUT2D eigenvalue weighted by Gasteiger charge is -2.29. The Morgan fingerprint density at radius 1 is 1.18 bits per heavy atom. The number of hydrogen-bond acceptors (Lipinski definition) is 6. The summed E-state index contributed by atoms with van der Waals surface area (Å²) >= 11 is 6.00. The Balaban J connectivity index is 1.84. The van der Waals surface area contributed by atoms with Gasteiger partial charge in [-0.25, -0.2) is 14.4 Å². The highest BCUT2D eigenvalue weighted by molar-refractivity contribution is 6.30. The molecular weight excluding hydrogens is 448 g/mol. The van der Waals surface area contributed by atoms with E-state index in [1.165, 1.54) is 4.57 Å². The van der Waals surface area contributed by atoms with E-state index >= 15 is 0 Å². The van der Waals surface area contributed by atoms with Crippen LogP contribution >= 0.6 is 11.6 Å². The molecule has 1 atom stereocenters. The number of allylic oxidation sites excluding steroid dienone is 1. The van der Waals surface area contributed by atoms with Crippen LogP contribution in [0.25, 0.3) is 11.4 Å². The molecule has 2 amide bonds. The third kappa shape index (κ3) is 4.54. The normalized spacial score (nSPS) is 15.7. The van der Waals surface area contributed by atoms with Crippen molar-refractivity contribution in [1.82, 2.24) is 20.4 Å². The summed E-state index contributed by atoms with van der Waals surface area (Å²) in [5, 5.41) is 9.82. The molecule has 1 aliphatic heterocycles. The van der Waals surface area contributed by atoms with Crippen LogP contribution in [0, 0.1) is 6.92 Å². The molecule has 1 unspecified atom stereocenters. The predicted octanol–water partition coefficient (Wildman–Crippen LogP) is 3.34. The van der Waals surface area contributed by atoms with E-state index in [4.69, 9.17) is 20.9 Å². The zero-order valence-corrected chi connectivity index (χ0v) is 18.7. The summed E-state index contributed by atoms with van der Waals surface area (Å²) < 4.78 is 11.4. The number of benzene rings is 2. The first kappa shape index (κ1) is 22.3. The second kappa shape index (κ2) is 9.33. The maximum Gasteiger partial charge on any atom is 0.442 e. The van der Waals surface area contributed by atoms with Gasteiger partial charge in [-0.2, -0.15) is 0 Å². The number of nitrogens with one attached hydrogen (secondary N) is 2. The Kier molecular flexibility index (Phi) is 6.32. The molecule has 10 heteroatoms. The summed E-state index contributed by atoms with van der Waals surface area (Å²) in [6, 6.07) is 12.8. The molecule has 0 spiro atoms. The molecule has 33 heavy (non-hydrogen) atoms. The summed E-state index contributed by atoms with van der Waals surface area (Å²) in [4.78, 5) is 38.0. The van der Waals surface area contributed by atoms with Crippen molar-refractivity contribution in [2.45, 2.75) is 26.4 Å². The predicted molar refractivity (Wildman–Crippen MR) is 120 cm³/mol. The number of halogens is 1. The molecule has 3 aromatic rings. The summed E-state index contributed by atoms with van der Waals surface area (Å²) in [5.41, 5.74) is 2.58. The number of aromatic nitrogens is 2. The van der Waals surface area contributed by atoms with Gasteiger partial charge in [0, 0.05) is 10.6 Å². The lowest BCUT2D eigenvalue weighted by molar-refractivity contribution is -0.139. The molecule has 0 saturated carbocycles. The number of aryl methyl sites for hydroxylation is 1. The van der Waals surface area contributed by atoms with Crippen LogP contribution in [0.5, 0.6) is 0 Å². The molecule has 1 aliphatic rings. The Labute approximate surface area is 194 Å². The summed E-state index contributed by atoms with van der Waals surface area (Å²) in [6.45, 7) is 3.55. The molecule has 2 heterocycles. The molecule has 1 aromatic heterocycles. The minimum Gasteiger partial charge on any atom is -0.463 e. The fourth-order valence-electron chi connectivity index (χ4n) is 3.68. The molecule has 0 aliphatic carbocycles. The highest BCUT2D eigenvalue weighted by Crippen LogP contribution is 2.30. The number of esters is 1. The van der Waals surface area contributed by atoms with E-state index in [0.29, 0.717) is 16.1 Å². The van der Waals surface area contributed by atoms with Gasteiger partial charge in [-0.15, -0.1) is 0 Å². The van der Waals surface area contributed by atoms with Crippen molar-refractivity contribution in [3.8, 4) is 11.4 Å². The zero-order chi connectivity index (χ0) is 23.5. The third-order valence-electron chi connectivity index (χ3n) is 5.24. The molecule has 0 fully saturated rings. The van der Waals surface area contributed by atoms with Crippen molar-refractivity contribution in [2.24, 2.45) is 0 Å². The lowest BCUT2D eigenvalue weighted by atomic mass is 9.95. The first-order valence-corrected chi connectivity index (χ1v) is 10.6. The maximum atomic E-state index is 13.0. The molecule has 4 rings (SSSR count). The number of hydrogen-bond donors (Lipinski definition) is 2. The number of rotatable bonds is 6. The zero-order valence-electron chi connectivity index (χ0n) is 17.9. The Morgan fingerprint density at radius 3 is 2.61 bits per heavy atom. The van der Waals surface area contributed by atoms with E-state index in [-0.39, 0.29) is 30.2 Å². The average molecular weight is 469 g/mol. The van der Waals surface area contributed by atoms with Gasteiger partial charge in [-0.05, 0) is 37.1 Å². The minimum absolute atomic E-state index is 0.137. The number of urea groups is 1. The van der Waals surface area contributed by atoms with Crippen LogP contribution in [0.1, 0.15) is 24.1 Å². The van der Waals surface area contributed by atoms with Crippen LogP contribution < -0.4 is 16.4 Å². The second-order valence-electron chi connectivity index (χ2n) is 7.37. The molecule has 2 aromatic carbocycles. The summed E-state index contributed by atoms with van der Waals surface area (Å²) in [6.07, 6.45) is 0. The number of nitrogens with zero attached hydrogens (tertiary/aromatic N) is 2. The van der Waals surface area contributed by atoms with Gasteiger partial charge in [0.05, 0.1) is 30.5 Å². The molecule has 9 nitrogen and oxygen atoms in total. The lowest BCUT2D eigenvalue weighted by Crippen LogP contribution is -2.47. The van der Waals surface area contributed by atoms with Gasteiger partial charge < -0.3 is 15.4 Å². The monoisotopic (exact) mass is 468 g/mol. The molecule has 0 radical (unpaired) electrons. The second-order valence-corrected chi connectivity index (χ2v) is 7.81. The number of amides is 2. The van der Waals surface area contributed by atoms with Crippen molar-refractivity contribution in [1.29, 1.82) is 0 Å². The van der Waals surface area contributed by atoms with Gasteiger partial charge >= 0.3 is 17.8 Å². The number of carbonyl (C=O) groups is 2. The number of ether oxygens (including phenoxy) is 1. The third-order valence-corrected chi connectivity index (χ3v) is 5.49. The van der Waals surface area contributed by atoms with Gasteiger partial charge in [0.1, 0.15) is 0 Å². The molecule has 0 saturated heterocycles. The van der Waals surface area contributed by atoms with Crippen LogP contribution in [0.15, 0.2) is 69.1 Å². The van der Waals surface area contributed by atoms with Gasteiger partial charge in [0.2, 0.25) is 0 Å². The maximum absolute atomic E-state index is 13.0.